The second-order valence-corrected chi connectivity index (χ2v) is 3.16. The molecule has 4 nitrogen and oxygen atoms in total. The first-order valence-electron chi connectivity index (χ1n) is 4.55. The highest BCUT2D eigenvalue weighted by molar-refractivity contribution is 5.93. The summed E-state index contributed by atoms with van der Waals surface area (Å²) in [5.41, 5.74) is 0. The van der Waals surface area contributed by atoms with Gasteiger partial charge in [-0.1, -0.05) is 12.2 Å². The Balaban J connectivity index is 2.33. The molecule has 0 aliphatic heterocycles. The highest BCUT2D eigenvalue weighted by Gasteiger charge is 2.10. The fraction of sp³-hybridized carbons (Fsp3) is 0.400. The van der Waals surface area contributed by atoms with E-state index in [4.69, 9.17) is 5.11 Å². The number of carboxylic acids is 1. The lowest BCUT2D eigenvalue weighted by Crippen LogP contribution is -2.34. The van der Waals surface area contributed by atoms with Gasteiger partial charge in [-0.2, -0.15) is 0 Å². The van der Waals surface area contributed by atoms with Gasteiger partial charge in [-0.15, -0.1) is 0 Å². The molecule has 0 aromatic heterocycles. The molecule has 4 heteroatoms. The summed E-state index contributed by atoms with van der Waals surface area (Å²) in [5, 5.41) is 11.0. The first-order valence-corrected chi connectivity index (χ1v) is 4.55. The van der Waals surface area contributed by atoms with Crippen LogP contribution in [0, 0.1) is 0 Å². The van der Waals surface area contributed by atoms with Crippen LogP contribution in [0.1, 0.15) is 19.3 Å². The molecule has 0 saturated carbocycles. The maximum absolute atomic E-state index is 11.1. The van der Waals surface area contributed by atoms with Crippen molar-refractivity contribution in [3.63, 3.8) is 0 Å². The van der Waals surface area contributed by atoms with Crippen LogP contribution in [0.25, 0.3) is 0 Å². The maximum atomic E-state index is 11.1. The van der Waals surface area contributed by atoms with E-state index in [1.807, 2.05) is 6.08 Å². The summed E-state index contributed by atoms with van der Waals surface area (Å²) in [6, 6.07) is 0.144. The number of carbonyl (C=O) groups is 2. The van der Waals surface area contributed by atoms with Crippen molar-refractivity contribution in [1.29, 1.82) is 0 Å². The number of nitrogens with one attached hydrogen (secondary N) is 1. The Kier molecular flexibility index (Phi) is 3.91. The number of hydrogen-bond donors (Lipinski definition) is 2. The number of allylic oxidation sites excluding steroid dienone is 1. The predicted molar refractivity (Wildman–Crippen MR) is 51.7 cm³/mol. The number of hydrogen-bond acceptors (Lipinski definition) is 2. The van der Waals surface area contributed by atoms with E-state index in [-0.39, 0.29) is 11.9 Å². The molecule has 1 atom stereocenters. The number of carbonyl (C=O) groups excluding carboxylic acids is 1. The van der Waals surface area contributed by atoms with Crippen LogP contribution in [0.15, 0.2) is 24.3 Å². The zero-order chi connectivity index (χ0) is 10.4. The van der Waals surface area contributed by atoms with E-state index in [0.29, 0.717) is 0 Å². The lowest BCUT2D eigenvalue weighted by molar-refractivity contribution is -0.131. The van der Waals surface area contributed by atoms with Crippen LogP contribution in [0.3, 0.4) is 0 Å². The van der Waals surface area contributed by atoms with Crippen molar-refractivity contribution in [2.24, 2.45) is 0 Å². The number of amides is 1. The van der Waals surface area contributed by atoms with Gasteiger partial charge in [0.15, 0.2) is 0 Å². The molecule has 1 aliphatic rings. The molecule has 1 aliphatic carbocycles. The van der Waals surface area contributed by atoms with Crippen molar-refractivity contribution in [2.45, 2.75) is 25.3 Å². The van der Waals surface area contributed by atoms with Gasteiger partial charge in [-0.3, -0.25) is 4.79 Å². The van der Waals surface area contributed by atoms with E-state index in [1.165, 1.54) is 0 Å². The van der Waals surface area contributed by atoms with Gasteiger partial charge in [-0.25, -0.2) is 4.79 Å². The van der Waals surface area contributed by atoms with Gasteiger partial charge < -0.3 is 10.4 Å². The fourth-order valence-electron chi connectivity index (χ4n) is 1.32. The summed E-state index contributed by atoms with van der Waals surface area (Å²) in [6.45, 7) is 0. The second kappa shape index (κ2) is 5.21. The van der Waals surface area contributed by atoms with E-state index < -0.39 is 5.97 Å². The largest absolute Gasteiger partial charge is 0.478 e. The third-order valence-electron chi connectivity index (χ3n) is 1.99. The Bertz CT molecular complexity index is 281. The average Bonchev–Trinajstić information content (AvgIpc) is 2.16. The lowest BCUT2D eigenvalue weighted by Gasteiger charge is -2.17. The third-order valence-corrected chi connectivity index (χ3v) is 1.99. The van der Waals surface area contributed by atoms with Crippen molar-refractivity contribution in [3.05, 3.63) is 24.3 Å². The molecule has 0 saturated heterocycles. The van der Waals surface area contributed by atoms with Gasteiger partial charge >= 0.3 is 5.97 Å². The Hall–Kier alpha value is -1.58. The molecule has 14 heavy (non-hydrogen) atoms. The zero-order valence-corrected chi connectivity index (χ0v) is 7.77. The summed E-state index contributed by atoms with van der Waals surface area (Å²) in [7, 11) is 0. The molecule has 0 spiro atoms. The number of carboxylic acid groups (broad SMARTS) is 1. The molecule has 0 fully saturated rings. The quantitative estimate of drug-likeness (QED) is 0.518. The van der Waals surface area contributed by atoms with Crippen LogP contribution in [0.5, 0.6) is 0 Å². The Labute approximate surface area is 82.3 Å². The SMILES string of the molecule is O=C(O)C=CC(=O)NC1CC=CCC1. The van der Waals surface area contributed by atoms with Crippen LogP contribution >= 0.6 is 0 Å². The van der Waals surface area contributed by atoms with Crippen LogP contribution < -0.4 is 5.32 Å². The van der Waals surface area contributed by atoms with Crippen LogP contribution in [0.4, 0.5) is 0 Å². The summed E-state index contributed by atoms with van der Waals surface area (Å²) in [5.74, 6) is -1.45. The molecular weight excluding hydrogens is 182 g/mol. The van der Waals surface area contributed by atoms with Gasteiger partial charge in [-0.05, 0) is 19.3 Å². The minimum Gasteiger partial charge on any atom is -0.478 e. The van der Waals surface area contributed by atoms with E-state index in [2.05, 4.69) is 11.4 Å². The van der Waals surface area contributed by atoms with E-state index >= 15 is 0 Å². The maximum Gasteiger partial charge on any atom is 0.328 e. The van der Waals surface area contributed by atoms with Gasteiger partial charge in [0.05, 0.1) is 0 Å². The Morgan fingerprint density at radius 2 is 2.14 bits per heavy atom. The third kappa shape index (κ3) is 3.89. The average molecular weight is 195 g/mol. The fourth-order valence-corrected chi connectivity index (χ4v) is 1.32. The molecule has 0 aromatic rings. The first kappa shape index (κ1) is 10.5. The molecule has 1 amide bonds. The summed E-state index contributed by atoms with van der Waals surface area (Å²) in [6.07, 6.45) is 8.70. The van der Waals surface area contributed by atoms with E-state index in [9.17, 15) is 9.59 Å². The van der Waals surface area contributed by atoms with Crippen LogP contribution in [0.2, 0.25) is 0 Å². The first-order chi connectivity index (χ1) is 6.68. The highest BCUT2D eigenvalue weighted by Crippen LogP contribution is 2.10. The van der Waals surface area contributed by atoms with Crippen molar-refractivity contribution in [2.75, 3.05) is 0 Å². The van der Waals surface area contributed by atoms with Crippen molar-refractivity contribution >= 4 is 11.9 Å². The zero-order valence-electron chi connectivity index (χ0n) is 7.77. The van der Waals surface area contributed by atoms with Gasteiger partial charge in [0.2, 0.25) is 5.91 Å². The summed E-state index contributed by atoms with van der Waals surface area (Å²) in [4.78, 5) is 21.2. The highest BCUT2D eigenvalue weighted by atomic mass is 16.4. The topological polar surface area (TPSA) is 66.4 Å². The van der Waals surface area contributed by atoms with E-state index in [1.54, 1.807) is 0 Å². The van der Waals surface area contributed by atoms with Gasteiger partial charge in [0.25, 0.3) is 0 Å². The molecule has 0 radical (unpaired) electrons. The minimum atomic E-state index is -1.11. The van der Waals surface area contributed by atoms with Gasteiger partial charge in [0, 0.05) is 18.2 Å². The molecule has 1 unspecified atom stereocenters. The smallest absolute Gasteiger partial charge is 0.328 e. The molecular formula is C10H13NO3. The molecule has 1 rings (SSSR count). The predicted octanol–water partition coefficient (Wildman–Crippen LogP) is 0.852. The number of aliphatic carboxylic acids is 1. The number of rotatable bonds is 3. The lowest BCUT2D eigenvalue weighted by atomic mass is 10.0. The summed E-state index contributed by atoms with van der Waals surface area (Å²) >= 11 is 0. The molecule has 0 heterocycles. The molecule has 0 bridgehead atoms. The normalized spacial score (nSPS) is 21.0. The monoisotopic (exact) mass is 195 g/mol. The van der Waals surface area contributed by atoms with Crippen molar-refractivity contribution in [1.82, 2.24) is 5.32 Å². The Morgan fingerprint density at radius 3 is 2.71 bits per heavy atom. The molecule has 2 N–H and O–H groups in total. The van der Waals surface area contributed by atoms with Crippen LogP contribution in [-0.2, 0) is 9.59 Å². The minimum absolute atomic E-state index is 0.144. The molecule has 0 aromatic carbocycles. The van der Waals surface area contributed by atoms with E-state index in [0.717, 1.165) is 31.4 Å². The Morgan fingerprint density at radius 1 is 1.36 bits per heavy atom. The van der Waals surface area contributed by atoms with Gasteiger partial charge in [0.1, 0.15) is 0 Å². The molecule has 76 valence electrons. The van der Waals surface area contributed by atoms with Crippen molar-refractivity contribution in [3.8, 4) is 0 Å². The second-order valence-electron chi connectivity index (χ2n) is 3.16. The van der Waals surface area contributed by atoms with Crippen molar-refractivity contribution < 1.29 is 14.7 Å². The van der Waals surface area contributed by atoms with Crippen LogP contribution in [-0.4, -0.2) is 23.0 Å². The summed E-state index contributed by atoms with van der Waals surface area (Å²) < 4.78 is 0. The standard InChI is InChI=1S/C10H13NO3/c12-9(6-7-10(13)14)11-8-4-2-1-3-5-8/h1-2,6-8H,3-5H2,(H,11,12)(H,13,14).